The standard InChI is InChI=1S/C27H28F3N5O4S/c1-15-12-35(13-16(2)39-15)22-5-3-4-19(32-22)20-14-40-26(33-20)34-23(36)11-31-24(37)17-6-7-21-18(10-17)27(30,25(28)29)8-9-38-21/h3-7,10,14-16,25H,8-9,11-13H2,1-2H3,(H,31,37)(H,33,34,36)/t15-,16+,27-/m1/s1. The summed E-state index contributed by atoms with van der Waals surface area (Å²) in [5.74, 6) is -0.473. The van der Waals surface area contributed by atoms with Gasteiger partial charge in [-0.05, 0) is 44.2 Å². The molecule has 0 spiro atoms. The van der Waals surface area contributed by atoms with E-state index in [2.05, 4.69) is 20.5 Å². The molecule has 0 saturated carbocycles. The second-order valence-electron chi connectivity index (χ2n) is 9.78. The van der Waals surface area contributed by atoms with Gasteiger partial charge in [0.05, 0.1) is 31.1 Å². The predicted molar refractivity (Wildman–Crippen MR) is 144 cm³/mol. The maximum atomic E-state index is 14.9. The van der Waals surface area contributed by atoms with Gasteiger partial charge >= 0.3 is 0 Å². The maximum Gasteiger partial charge on any atom is 0.276 e. The molecule has 2 aliphatic rings. The van der Waals surface area contributed by atoms with Crippen LogP contribution in [0.25, 0.3) is 11.4 Å². The molecule has 3 atom stereocenters. The van der Waals surface area contributed by atoms with Gasteiger partial charge in [0.1, 0.15) is 17.3 Å². The highest BCUT2D eigenvalue weighted by atomic mass is 32.1. The molecule has 0 radical (unpaired) electrons. The number of carbonyl (C=O) groups excluding carboxylic acids is 2. The highest BCUT2D eigenvalue weighted by molar-refractivity contribution is 7.14. The first-order valence-corrected chi connectivity index (χ1v) is 13.7. The van der Waals surface area contributed by atoms with Crippen LogP contribution in [-0.2, 0) is 15.2 Å². The fraction of sp³-hybridized carbons (Fsp3) is 0.407. The van der Waals surface area contributed by atoms with Gasteiger partial charge in [-0.15, -0.1) is 11.3 Å². The third-order valence-corrected chi connectivity index (χ3v) is 7.42. The van der Waals surface area contributed by atoms with Crippen molar-refractivity contribution in [3.05, 3.63) is 52.9 Å². The highest BCUT2D eigenvalue weighted by Gasteiger charge is 2.46. The fourth-order valence-electron chi connectivity index (χ4n) is 4.77. The van der Waals surface area contributed by atoms with Crippen molar-refractivity contribution in [2.45, 2.75) is 44.6 Å². The molecule has 2 aromatic heterocycles. The van der Waals surface area contributed by atoms with Crippen LogP contribution in [0.4, 0.5) is 24.1 Å². The van der Waals surface area contributed by atoms with E-state index in [9.17, 15) is 22.8 Å². The zero-order valence-corrected chi connectivity index (χ0v) is 22.6. The Balaban J connectivity index is 1.19. The summed E-state index contributed by atoms with van der Waals surface area (Å²) in [5, 5.41) is 7.13. The molecule has 1 saturated heterocycles. The van der Waals surface area contributed by atoms with E-state index < -0.39 is 36.9 Å². The topological polar surface area (TPSA) is 106 Å². The van der Waals surface area contributed by atoms with Gasteiger partial charge in [0.2, 0.25) is 11.6 Å². The first kappa shape index (κ1) is 27.8. The number of amides is 2. The molecule has 2 aliphatic heterocycles. The van der Waals surface area contributed by atoms with Gasteiger partial charge in [0.15, 0.2) is 5.13 Å². The molecular weight excluding hydrogens is 547 g/mol. The Morgan fingerprint density at radius 3 is 2.67 bits per heavy atom. The summed E-state index contributed by atoms with van der Waals surface area (Å²) in [5.41, 5.74) is -2.11. The molecule has 212 valence electrons. The molecule has 2 amide bonds. The number of carbonyl (C=O) groups is 2. The number of pyridine rings is 1. The van der Waals surface area contributed by atoms with Crippen molar-refractivity contribution in [1.29, 1.82) is 0 Å². The number of morpholine rings is 1. The molecule has 1 aromatic carbocycles. The number of nitrogens with zero attached hydrogens (tertiary/aromatic N) is 3. The molecule has 5 rings (SSSR count). The van der Waals surface area contributed by atoms with Crippen LogP contribution in [0.5, 0.6) is 5.75 Å². The summed E-state index contributed by atoms with van der Waals surface area (Å²) in [6, 6.07) is 9.32. The summed E-state index contributed by atoms with van der Waals surface area (Å²) >= 11 is 1.21. The van der Waals surface area contributed by atoms with E-state index in [1.165, 1.54) is 23.5 Å². The Labute approximate surface area is 232 Å². The molecule has 3 aromatic rings. The zero-order valence-electron chi connectivity index (χ0n) is 21.8. The Morgan fingerprint density at radius 2 is 1.93 bits per heavy atom. The van der Waals surface area contributed by atoms with Crippen LogP contribution in [0, 0.1) is 0 Å². The number of hydrogen-bond donors (Lipinski definition) is 2. The Bertz CT molecular complexity index is 1400. The van der Waals surface area contributed by atoms with E-state index >= 15 is 0 Å². The number of halogens is 3. The molecule has 40 heavy (non-hydrogen) atoms. The van der Waals surface area contributed by atoms with Gasteiger partial charge in [-0.1, -0.05) is 6.07 Å². The van der Waals surface area contributed by atoms with Crippen LogP contribution >= 0.6 is 11.3 Å². The quantitative estimate of drug-likeness (QED) is 0.430. The van der Waals surface area contributed by atoms with Crippen molar-refractivity contribution in [2.75, 3.05) is 36.5 Å². The lowest BCUT2D eigenvalue weighted by Crippen LogP contribution is -2.45. The molecule has 1 fully saturated rings. The minimum absolute atomic E-state index is 0.0306. The van der Waals surface area contributed by atoms with Crippen molar-refractivity contribution in [3.8, 4) is 17.1 Å². The number of thiazole rings is 1. The summed E-state index contributed by atoms with van der Waals surface area (Å²) in [4.78, 5) is 36.4. The average Bonchev–Trinajstić information content (AvgIpc) is 3.39. The summed E-state index contributed by atoms with van der Waals surface area (Å²) < 4.78 is 52.8. The van der Waals surface area contributed by atoms with Crippen molar-refractivity contribution in [2.24, 2.45) is 0 Å². The first-order chi connectivity index (χ1) is 19.1. The van der Waals surface area contributed by atoms with Crippen LogP contribution in [0.15, 0.2) is 41.8 Å². The number of anilines is 2. The number of ether oxygens (including phenoxy) is 2. The highest BCUT2D eigenvalue weighted by Crippen LogP contribution is 2.44. The number of rotatable bonds is 7. The molecule has 0 bridgehead atoms. The third-order valence-electron chi connectivity index (χ3n) is 6.66. The lowest BCUT2D eigenvalue weighted by molar-refractivity contribution is -0.115. The monoisotopic (exact) mass is 575 g/mol. The number of hydrogen-bond acceptors (Lipinski definition) is 8. The van der Waals surface area contributed by atoms with E-state index in [1.807, 2.05) is 32.0 Å². The van der Waals surface area contributed by atoms with Crippen molar-refractivity contribution in [3.63, 3.8) is 0 Å². The van der Waals surface area contributed by atoms with Gasteiger partial charge in [0, 0.05) is 36.0 Å². The second kappa shape index (κ2) is 11.4. The normalized spacial score (nSPS) is 22.4. The van der Waals surface area contributed by atoms with E-state index in [4.69, 9.17) is 14.5 Å². The van der Waals surface area contributed by atoms with Crippen LogP contribution in [-0.4, -0.2) is 66.7 Å². The minimum Gasteiger partial charge on any atom is -0.493 e. The van der Waals surface area contributed by atoms with Crippen LogP contribution < -0.4 is 20.3 Å². The minimum atomic E-state index is -3.27. The van der Waals surface area contributed by atoms with Gasteiger partial charge in [-0.25, -0.2) is 23.1 Å². The van der Waals surface area contributed by atoms with Crippen LogP contribution in [0.2, 0.25) is 0 Å². The summed E-state index contributed by atoms with van der Waals surface area (Å²) in [7, 11) is 0. The first-order valence-electron chi connectivity index (χ1n) is 12.8. The van der Waals surface area contributed by atoms with Gasteiger partial charge in [-0.2, -0.15) is 0 Å². The summed E-state index contributed by atoms with van der Waals surface area (Å²) in [6.07, 6.45) is -3.61. The number of aromatic nitrogens is 2. The second-order valence-corrected chi connectivity index (χ2v) is 10.6. The number of nitrogens with one attached hydrogen (secondary N) is 2. The lowest BCUT2D eigenvalue weighted by Gasteiger charge is -2.36. The van der Waals surface area contributed by atoms with E-state index in [0.717, 1.165) is 25.0 Å². The van der Waals surface area contributed by atoms with Crippen LogP contribution in [0.3, 0.4) is 0 Å². The van der Waals surface area contributed by atoms with Crippen LogP contribution in [0.1, 0.15) is 36.2 Å². The molecule has 0 unspecified atom stereocenters. The number of benzene rings is 1. The molecule has 9 nitrogen and oxygen atoms in total. The number of alkyl halides is 3. The van der Waals surface area contributed by atoms with Crippen molar-refractivity contribution >= 4 is 34.1 Å². The average molecular weight is 576 g/mol. The van der Waals surface area contributed by atoms with E-state index in [0.29, 0.717) is 16.5 Å². The SMILES string of the molecule is C[C@@H]1CN(c2cccc(-c3csc(NC(=O)CNC(=O)c4ccc5c(c4)[C@@](F)(C(F)F)CCO5)n3)n2)C[C@H](C)O1. The zero-order chi connectivity index (χ0) is 28.4. The molecular formula is C27H28F3N5O4S. The fourth-order valence-corrected chi connectivity index (χ4v) is 5.50. The molecule has 13 heteroatoms. The predicted octanol–water partition coefficient (Wildman–Crippen LogP) is 4.40. The smallest absolute Gasteiger partial charge is 0.276 e. The van der Waals surface area contributed by atoms with Gasteiger partial charge in [-0.3, -0.25) is 9.59 Å². The third kappa shape index (κ3) is 5.89. The lowest BCUT2D eigenvalue weighted by atomic mass is 9.89. The molecule has 2 N–H and O–H groups in total. The maximum absolute atomic E-state index is 14.9. The largest absolute Gasteiger partial charge is 0.493 e. The molecule has 0 aliphatic carbocycles. The Kier molecular flexibility index (Phi) is 7.95. The molecule has 4 heterocycles. The van der Waals surface area contributed by atoms with Gasteiger partial charge in [0.25, 0.3) is 12.3 Å². The van der Waals surface area contributed by atoms with Crippen molar-refractivity contribution in [1.82, 2.24) is 15.3 Å². The van der Waals surface area contributed by atoms with E-state index in [-0.39, 0.29) is 35.7 Å². The Morgan fingerprint density at radius 1 is 1.15 bits per heavy atom. The van der Waals surface area contributed by atoms with Gasteiger partial charge < -0.3 is 25.0 Å². The van der Waals surface area contributed by atoms with E-state index in [1.54, 1.807) is 5.38 Å². The summed E-state index contributed by atoms with van der Waals surface area (Å²) in [6.45, 7) is 4.90. The number of fused-ring (bicyclic) bond motifs is 1. The van der Waals surface area contributed by atoms with Crippen molar-refractivity contribution < 1.29 is 32.2 Å². The Hall–Kier alpha value is -3.71.